The van der Waals surface area contributed by atoms with Gasteiger partial charge in [0.15, 0.2) is 0 Å². The Balaban J connectivity index is 1.06. The molecule has 6 rings (SSSR count). The smallest absolute Gasteiger partial charge is 0.255 e. The second-order valence-corrected chi connectivity index (χ2v) is 12.6. The van der Waals surface area contributed by atoms with Gasteiger partial charge in [0.2, 0.25) is 5.88 Å². The van der Waals surface area contributed by atoms with Crippen LogP contribution in [0, 0.1) is 5.41 Å². The lowest BCUT2D eigenvalue weighted by molar-refractivity contribution is -0.0861. The van der Waals surface area contributed by atoms with E-state index >= 15 is 0 Å². The van der Waals surface area contributed by atoms with Gasteiger partial charge < -0.3 is 31.4 Å². The Morgan fingerprint density at radius 2 is 1.88 bits per heavy atom. The number of hydrogen-bond acceptors (Lipinski definition) is 8. The molecule has 0 unspecified atom stereocenters. The molecule has 0 atom stereocenters. The van der Waals surface area contributed by atoms with Gasteiger partial charge in [0.05, 0.1) is 34.8 Å². The van der Waals surface area contributed by atoms with E-state index < -0.39 is 11.5 Å². The minimum Gasteiger partial charge on any atom is -0.489 e. The summed E-state index contributed by atoms with van der Waals surface area (Å²) in [5.41, 5.74) is 12.9. The average molecular weight is 566 g/mol. The molecule has 3 aromatic heterocycles. The van der Waals surface area contributed by atoms with Crippen LogP contribution in [0.15, 0.2) is 24.5 Å². The molecule has 0 radical (unpaired) electrons. The van der Waals surface area contributed by atoms with Gasteiger partial charge in [0.25, 0.3) is 11.8 Å². The fraction of sp³-hybridized carbons (Fsp3) is 0.586. The lowest BCUT2D eigenvalue weighted by atomic mass is 9.53. The first kappa shape index (κ1) is 27.5. The van der Waals surface area contributed by atoms with Crippen molar-refractivity contribution in [3.63, 3.8) is 0 Å². The van der Waals surface area contributed by atoms with Crippen LogP contribution in [-0.2, 0) is 6.54 Å². The molecule has 41 heavy (non-hydrogen) atoms. The Bertz CT molecular complexity index is 1450. The van der Waals surface area contributed by atoms with Crippen molar-refractivity contribution in [2.24, 2.45) is 16.9 Å². The second-order valence-electron chi connectivity index (χ2n) is 12.6. The molecule has 12 heteroatoms. The number of nitrogens with two attached hydrogens (primary N) is 2. The number of pyridine rings is 1. The first-order valence-corrected chi connectivity index (χ1v) is 14.4. The zero-order valence-electron chi connectivity index (χ0n) is 23.6. The number of fused-ring (bicyclic) bond motifs is 1. The average Bonchev–Trinajstić information content (AvgIpc) is 3.48. The molecule has 220 valence electrons. The zero-order chi connectivity index (χ0) is 28.9. The highest BCUT2D eigenvalue weighted by Crippen LogP contribution is 2.57. The first-order valence-electron chi connectivity index (χ1n) is 14.4. The van der Waals surface area contributed by atoms with Crippen molar-refractivity contribution in [2.45, 2.75) is 89.0 Å². The van der Waals surface area contributed by atoms with E-state index in [1.54, 1.807) is 24.7 Å². The maximum absolute atomic E-state index is 13.3. The highest BCUT2D eigenvalue weighted by atomic mass is 16.5. The van der Waals surface area contributed by atoms with Crippen molar-refractivity contribution in [1.29, 1.82) is 0 Å². The number of aromatic nitrogens is 4. The summed E-state index contributed by atoms with van der Waals surface area (Å²) in [5, 5.41) is 22.1. The van der Waals surface area contributed by atoms with Crippen LogP contribution < -0.4 is 26.3 Å². The van der Waals surface area contributed by atoms with E-state index in [-0.39, 0.29) is 35.6 Å². The number of ether oxygens (including phenoxy) is 2. The molecule has 1 spiro atoms. The van der Waals surface area contributed by atoms with Gasteiger partial charge >= 0.3 is 0 Å². The predicted octanol–water partition coefficient (Wildman–Crippen LogP) is 2.13. The van der Waals surface area contributed by atoms with E-state index in [0.29, 0.717) is 36.2 Å². The van der Waals surface area contributed by atoms with Gasteiger partial charge in [-0.2, -0.15) is 10.2 Å². The fourth-order valence-electron chi connectivity index (χ4n) is 6.24. The van der Waals surface area contributed by atoms with Gasteiger partial charge in [0.1, 0.15) is 24.0 Å². The Kier molecular flexibility index (Phi) is 6.93. The van der Waals surface area contributed by atoms with Gasteiger partial charge in [0, 0.05) is 18.5 Å². The summed E-state index contributed by atoms with van der Waals surface area (Å²) in [4.78, 5) is 25.1. The number of aliphatic hydroxyl groups is 1. The molecule has 0 aliphatic heterocycles. The van der Waals surface area contributed by atoms with E-state index in [1.807, 2.05) is 16.6 Å². The van der Waals surface area contributed by atoms with Crippen molar-refractivity contribution < 1.29 is 24.2 Å². The number of hydrogen-bond donors (Lipinski definition) is 4. The van der Waals surface area contributed by atoms with Crippen molar-refractivity contribution in [3.05, 3.63) is 41.3 Å². The van der Waals surface area contributed by atoms with Crippen molar-refractivity contribution in [3.8, 4) is 11.6 Å². The second kappa shape index (κ2) is 10.3. The molecule has 3 aliphatic carbocycles. The van der Waals surface area contributed by atoms with E-state index in [9.17, 15) is 14.7 Å². The van der Waals surface area contributed by atoms with Crippen LogP contribution in [0.1, 0.15) is 91.1 Å². The summed E-state index contributed by atoms with van der Waals surface area (Å²) in [7, 11) is 0. The number of rotatable bonds is 12. The number of carbonyl (C=O) groups excluding carboxylic acids is 2. The van der Waals surface area contributed by atoms with Crippen LogP contribution in [0.5, 0.6) is 11.6 Å². The van der Waals surface area contributed by atoms with Gasteiger partial charge in [-0.25, -0.2) is 9.20 Å². The number of primary amides is 1. The molecule has 3 saturated carbocycles. The van der Waals surface area contributed by atoms with Gasteiger partial charge in [-0.15, -0.1) is 0 Å². The van der Waals surface area contributed by atoms with Gasteiger partial charge in [-0.05, 0) is 82.9 Å². The standard InChI is InChI=1S/C29H39N7O5/c1-28(2,39)16-40-23-7-6-22-20(14-33-36(22)24(23)17-4-5-17)26(38)34-18-10-29(11-18)12-19(13-29)41-27-21(25(31)37)15-32-35(27)9-3-8-30/h6-7,14-15,17-19,39H,3-5,8-13,16,30H2,1-2H3,(H2,31,37)(H,34,38)/t18-,19-,29?. The van der Waals surface area contributed by atoms with Crippen molar-refractivity contribution in [2.75, 3.05) is 13.2 Å². The fourth-order valence-corrected chi connectivity index (χ4v) is 6.24. The minimum absolute atomic E-state index is 0.0219. The molecule has 0 saturated heterocycles. The number of amides is 2. The van der Waals surface area contributed by atoms with E-state index in [2.05, 4.69) is 15.5 Å². The van der Waals surface area contributed by atoms with E-state index in [0.717, 1.165) is 56.2 Å². The zero-order valence-corrected chi connectivity index (χ0v) is 23.6. The summed E-state index contributed by atoms with van der Waals surface area (Å²) in [5.74, 6) is 0.764. The molecule has 0 bridgehead atoms. The number of aryl methyl sites for hydroxylation is 1. The summed E-state index contributed by atoms with van der Waals surface area (Å²) in [6, 6.07) is 3.83. The number of carbonyl (C=O) groups is 2. The molecule has 12 nitrogen and oxygen atoms in total. The monoisotopic (exact) mass is 565 g/mol. The lowest BCUT2D eigenvalue weighted by Gasteiger charge is -2.57. The Hall–Kier alpha value is -3.64. The van der Waals surface area contributed by atoms with Crippen LogP contribution in [0.2, 0.25) is 0 Å². The first-order chi connectivity index (χ1) is 19.6. The molecule has 6 N–H and O–H groups in total. The van der Waals surface area contributed by atoms with Crippen LogP contribution in [0.3, 0.4) is 0 Å². The number of nitrogens with zero attached hydrogens (tertiary/aromatic N) is 4. The third kappa shape index (κ3) is 5.50. The Morgan fingerprint density at radius 3 is 2.54 bits per heavy atom. The van der Waals surface area contributed by atoms with Crippen LogP contribution in [0.4, 0.5) is 0 Å². The maximum Gasteiger partial charge on any atom is 0.255 e. The third-order valence-electron chi connectivity index (χ3n) is 8.39. The molecule has 2 amide bonds. The van der Waals surface area contributed by atoms with Gasteiger partial charge in [-0.3, -0.25) is 9.59 Å². The van der Waals surface area contributed by atoms with Crippen LogP contribution in [0.25, 0.3) is 5.52 Å². The van der Waals surface area contributed by atoms with Crippen LogP contribution >= 0.6 is 0 Å². The summed E-state index contributed by atoms with van der Waals surface area (Å²) in [6.07, 6.45) is 9.36. The predicted molar refractivity (Wildman–Crippen MR) is 150 cm³/mol. The molecule has 0 aromatic carbocycles. The highest BCUT2D eigenvalue weighted by molar-refractivity contribution is 6.01. The molecular formula is C29H39N7O5. The summed E-state index contributed by atoms with van der Waals surface area (Å²) < 4.78 is 15.6. The summed E-state index contributed by atoms with van der Waals surface area (Å²) in [6.45, 7) is 4.67. The topological polar surface area (TPSA) is 172 Å². The lowest BCUT2D eigenvalue weighted by Crippen LogP contribution is -2.58. The maximum atomic E-state index is 13.3. The van der Waals surface area contributed by atoms with E-state index in [1.165, 1.54) is 6.20 Å². The van der Waals surface area contributed by atoms with Crippen molar-refractivity contribution >= 4 is 17.3 Å². The molecule has 3 heterocycles. The van der Waals surface area contributed by atoms with Crippen LogP contribution in [-0.4, -0.2) is 67.2 Å². The molecule has 3 aliphatic rings. The third-order valence-corrected chi connectivity index (χ3v) is 8.39. The SMILES string of the molecule is CC(C)(O)COc1ccc2c(C(=O)N[C@H]3CC4(C3)C[C@H](Oc3c(C(N)=O)cnn3CCCN)C4)cnn2c1C1CC1. The highest BCUT2D eigenvalue weighted by Gasteiger charge is 2.54. The largest absolute Gasteiger partial charge is 0.489 e. The minimum atomic E-state index is -0.947. The summed E-state index contributed by atoms with van der Waals surface area (Å²) >= 11 is 0. The normalized spacial score (nSPS) is 23.7. The Labute approximate surface area is 238 Å². The quantitative estimate of drug-likeness (QED) is 0.259. The van der Waals surface area contributed by atoms with E-state index in [4.69, 9.17) is 20.9 Å². The van der Waals surface area contributed by atoms with Crippen molar-refractivity contribution in [1.82, 2.24) is 24.7 Å². The molecule has 3 aromatic rings. The Morgan fingerprint density at radius 1 is 1.15 bits per heavy atom. The van der Waals surface area contributed by atoms with Gasteiger partial charge in [-0.1, -0.05) is 0 Å². The molecular weight excluding hydrogens is 526 g/mol. The number of nitrogens with one attached hydrogen (secondary N) is 1. The molecule has 3 fully saturated rings.